The highest BCUT2D eigenvalue weighted by Crippen LogP contribution is 2.35. The van der Waals surface area contributed by atoms with E-state index in [-0.39, 0.29) is 5.91 Å². The van der Waals surface area contributed by atoms with Gasteiger partial charge in [0.1, 0.15) is 5.78 Å². The maximum absolute atomic E-state index is 12.4. The predicted molar refractivity (Wildman–Crippen MR) is 72.8 cm³/mol. The Morgan fingerprint density at radius 1 is 1.11 bits per heavy atom. The number of piperidine rings is 1. The molecule has 2 atom stereocenters. The number of rotatable bonds is 1. The number of carbonyl (C=O) groups excluding carboxylic acids is 2. The third kappa shape index (κ3) is 2.55. The molecule has 0 bridgehead atoms. The maximum Gasteiger partial charge on any atom is 0.253 e. The van der Waals surface area contributed by atoms with Crippen molar-refractivity contribution in [1.82, 2.24) is 4.90 Å². The monoisotopic (exact) mass is 257 g/mol. The third-order valence-corrected chi connectivity index (χ3v) is 4.48. The van der Waals surface area contributed by atoms with Crippen LogP contribution >= 0.6 is 0 Å². The van der Waals surface area contributed by atoms with E-state index in [0.29, 0.717) is 24.0 Å². The molecule has 3 nitrogen and oxygen atoms in total. The van der Waals surface area contributed by atoms with Gasteiger partial charge in [-0.1, -0.05) is 18.2 Å². The van der Waals surface area contributed by atoms with Gasteiger partial charge in [0.2, 0.25) is 0 Å². The number of ketones is 1. The van der Waals surface area contributed by atoms with Gasteiger partial charge in [0, 0.05) is 31.5 Å². The summed E-state index contributed by atoms with van der Waals surface area (Å²) < 4.78 is 0. The van der Waals surface area contributed by atoms with E-state index in [2.05, 4.69) is 0 Å². The Morgan fingerprint density at radius 3 is 2.68 bits per heavy atom. The number of likely N-dealkylation sites (tertiary alicyclic amines) is 1. The molecule has 0 radical (unpaired) electrons. The second-order valence-electron chi connectivity index (χ2n) is 5.71. The lowest BCUT2D eigenvalue weighted by Gasteiger charge is -2.40. The Morgan fingerprint density at radius 2 is 1.89 bits per heavy atom. The van der Waals surface area contributed by atoms with Crippen molar-refractivity contribution in [2.45, 2.75) is 25.7 Å². The van der Waals surface area contributed by atoms with Crippen molar-refractivity contribution in [3.63, 3.8) is 0 Å². The van der Waals surface area contributed by atoms with Crippen LogP contribution in [0.3, 0.4) is 0 Å². The van der Waals surface area contributed by atoms with Gasteiger partial charge in [0.15, 0.2) is 0 Å². The zero-order valence-corrected chi connectivity index (χ0v) is 11.0. The molecule has 1 aromatic carbocycles. The molecule has 0 N–H and O–H groups in total. The van der Waals surface area contributed by atoms with Crippen LogP contribution in [0.15, 0.2) is 30.3 Å². The summed E-state index contributed by atoms with van der Waals surface area (Å²) in [6, 6.07) is 9.48. The first kappa shape index (κ1) is 12.4. The Bertz CT molecular complexity index is 483. The first-order valence-electron chi connectivity index (χ1n) is 7.10. The van der Waals surface area contributed by atoms with Crippen molar-refractivity contribution in [3.05, 3.63) is 35.9 Å². The second-order valence-corrected chi connectivity index (χ2v) is 5.71. The predicted octanol–water partition coefficient (Wildman–Crippen LogP) is 2.52. The van der Waals surface area contributed by atoms with Crippen molar-refractivity contribution < 1.29 is 9.59 Å². The van der Waals surface area contributed by atoms with Gasteiger partial charge in [0.05, 0.1) is 0 Å². The summed E-state index contributed by atoms with van der Waals surface area (Å²) in [7, 11) is 0. The highest BCUT2D eigenvalue weighted by Gasteiger charge is 2.35. The molecule has 2 unspecified atom stereocenters. The lowest BCUT2D eigenvalue weighted by molar-refractivity contribution is -0.123. The number of hydrogen-bond donors (Lipinski definition) is 0. The molecule has 1 aromatic rings. The first-order chi connectivity index (χ1) is 9.24. The zero-order chi connectivity index (χ0) is 13.2. The number of benzene rings is 1. The molecular weight excluding hydrogens is 238 g/mol. The minimum absolute atomic E-state index is 0.135. The van der Waals surface area contributed by atoms with E-state index >= 15 is 0 Å². The van der Waals surface area contributed by atoms with Crippen molar-refractivity contribution in [2.24, 2.45) is 11.8 Å². The molecule has 2 aliphatic rings. The van der Waals surface area contributed by atoms with E-state index in [1.54, 1.807) is 0 Å². The third-order valence-electron chi connectivity index (χ3n) is 4.48. The Kier molecular flexibility index (Phi) is 3.36. The van der Waals surface area contributed by atoms with E-state index < -0.39 is 0 Å². The number of carbonyl (C=O) groups is 2. The molecule has 1 saturated heterocycles. The smallest absolute Gasteiger partial charge is 0.253 e. The Hall–Kier alpha value is -1.64. The van der Waals surface area contributed by atoms with E-state index in [1.165, 1.54) is 0 Å². The number of fused-ring (bicyclic) bond motifs is 1. The van der Waals surface area contributed by atoms with Crippen molar-refractivity contribution in [2.75, 3.05) is 13.1 Å². The molecule has 1 amide bonds. The molecule has 19 heavy (non-hydrogen) atoms. The largest absolute Gasteiger partial charge is 0.338 e. The summed E-state index contributed by atoms with van der Waals surface area (Å²) in [6.07, 6.45) is 3.38. The fraction of sp³-hybridized carbons (Fsp3) is 0.500. The SMILES string of the molecule is O=C1CCC2CN(C(=O)c3ccccc3)CCC2C1. The highest BCUT2D eigenvalue weighted by atomic mass is 16.2. The topological polar surface area (TPSA) is 37.4 Å². The maximum atomic E-state index is 12.4. The van der Waals surface area contributed by atoms with E-state index in [4.69, 9.17) is 0 Å². The molecule has 0 spiro atoms. The lowest BCUT2D eigenvalue weighted by Crippen LogP contribution is -2.45. The van der Waals surface area contributed by atoms with Crippen LogP contribution in [0.4, 0.5) is 0 Å². The summed E-state index contributed by atoms with van der Waals surface area (Å²) in [5, 5.41) is 0. The quantitative estimate of drug-likeness (QED) is 0.775. The molecule has 1 saturated carbocycles. The summed E-state index contributed by atoms with van der Waals surface area (Å²) >= 11 is 0. The number of Topliss-reactive ketones (excluding diaryl/α,β-unsaturated/α-hetero) is 1. The van der Waals surface area contributed by atoms with Crippen LogP contribution in [0.1, 0.15) is 36.0 Å². The molecule has 1 heterocycles. The van der Waals surface area contributed by atoms with Crippen LogP contribution in [0.25, 0.3) is 0 Å². The number of nitrogens with zero attached hydrogens (tertiary/aromatic N) is 1. The van der Waals surface area contributed by atoms with Crippen molar-refractivity contribution in [3.8, 4) is 0 Å². The Labute approximate surface area is 113 Å². The standard InChI is InChI=1S/C16H19NO2/c18-15-7-6-14-11-17(9-8-13(14)10-15)16(19)12-4-2-1-3-5-12/h1-5,13-14H,6-11H2. The van der Waals surface area contributed by atoms with Crippen LogP contribution < -0.4 is 0 Å². The summed E-state index contributed by atoms with van der Waals surface area (Å²) in [4.78, 5) is 25.8. The van der Waals surface area contributed by atoms with E-state index in [1.807, 2.05) is 35.2 Å². The van der Waals surface area contributed by atoms with Crippen LogP contribution in [-0.2, 0) is 4.79 Å². The van der Waals surface area contributed by atoms with E-state index in [0.717, 1.165) is 37.9 Å². The number of amides is 1. The zero-order valence-electron chi connectivity index (χ0n) is 11.0. The molecule has 100 valence electrons. The van der Waals surface area contributed by atoms with Crippen LogP contribution in [-0.4, -0.2) is 29.7 Å². The molecule has 1 aliphatic carbocycles. The van der Waals surface area contributed by atoms with Crippen LogP contribution in [0.5, 0.6) is 0 Å². The number of hydrogen-bond acceptors (Lipinski definition) is 2. The molecule has 3 rings (SSSR count). The molecule has 0 aromatic heterocycles. The summed E-state index contributed by atoms with van der Waals surface area (Å²) in [5.74, 6) is 1.58. The summed E-state index contributed by atoms with van der Waals surface area (Å²) in [5.41, 5.74) is 0.771. The van der Waals surface area contributed by atoms with Crippen LogP contribution in [0.2, 0.25) is 0 Å². The fourth-order valence-corrected chi connectivity index (χ4v) is 3.37. The fourth-order valence-electron chi connectivity index (χ4n) is 3.37. The Balaban J connectivity index is 1.68. The first-order valence-corrected chi connectivity index (χ1v) is 7.10. The van der Waals surface area contributed by atoms with Gasteiger partial charge >= 0.3 is 0 Å². The van der Waals surface area contributed by atoms with Gasteiger partial charge in [-0.15, -0.1) is 0 Å². The molecule has 1 aliphatic heterocycles. The lowest BCUT2D eigenvalue weighted by atomic mass is 9.74. The summed E-state index contributed by atoms with van der Waals surface area (Å²) in [6.45, 7) is 1.62. The molecule has 3 heteroatoms. The van der Waals surface area contributed by atoms with Gasteiger partial charge in [-0.2, -0.15) is 0 Å². The average molecular weight is 257 g/mol. The van der Waals surface area contributed by atoms with Gasteiger partial charge in [-0.05, 0) is 36.8 Å². The van der Waals surface area contributed by atoms with Gasteiger partial charge in [-0.3, -0.25) is 9.59 Å². The average Bonchev–Trinajstić information content (AvgIpc) is 2.47. The van der Waals surface area contributed by atoms with Crippen molar-refractivity contribution >= 4 is 11.7 Å². The van der Waals surface area contributed by atoms with Gasteiger partial charge < -0.3 is 4.90 Å². The van der Waals surface area contributed by atoms with E-state index in [9.17, 15) is 9.59 Å². The van der Waals surface area contributed by atoms with Crippen molar-refractivity contribution in [1.29, 1.82) is 0 Å². The second kappa shape index (κ2) is 5.16. The normalized spacial score (nSPS) is 26.9. The molecule has 2 fully saturated rings. The minimum Gasteiger partial charge on any atom is -0.338 e. The minimum atomic E-state index is 0.135. The van der Waals surface area contributed by atoms with Crippen LogP contribution in [0, 0.1) is 11.8 Å². The van der Waals surface area contributed by atoms with Gasteiger partial charge in [0.25, 0.3) is 5.91 Å². The van der Waals surface area contributed by atoms with Gasteiger partial charge in [-0.25, -0.2) is 0 Å². The molecular formula is C16H19NO2. The highest BCUT2D eigenvalue weighted by molar-refractivity contribution is 5.94.